The molecule has 1 aromatic heterocycles. The van der Waals surface area contributed by atoms with E-state index >= 15 is 0 Å². The summed E-state index contributed by atoms with van der Waals surface area (Å²) in [6.07, 6.45) is 11.8. The number of hydrogen-bond donors (Lipinski definition) is 5. The zero-order valence-electron chi connectivity index (χ0n) is 28.8. The monoisotopic (exact) mass is 701 g/mol. The molecule has 2 heterocycles. The molecule has 48 heavy (non-hydrogen) atoms. The molecule has 0 spiro atoms. The Morgan fingerprint density at radius 2 is 1.50 bits per heavy atom. The van der Waals surface area contributed by atoms with E-state index in [-0.39, 0.29) is 35.9 Å². The van der Waals surface area contributed by atoms with Crippen LogP contribution in [0.15, 0.2) is 6.20 Å². The highest BCUT2D eigenvalue weighted by Gasteiger charge is 2.44. The Bertz CT molecular complexity index is 1050. The van der Waals surface area contributed by atoms with Crippen molar-refractivity contribution in [3.63, 3.8) is 0 Å². The first-order chi connectivity index (χ1) is 23.2. The highest BCUT2D eigenvalue weighted by molar-refractivity contribution is 7.99. The molecule has 1 unspecified atom stereocenters. The van der Waals surface area contributed by atoms with Crippen molar-refractivity contribution in [2.24, 2.45) is 5.73 Å². The summed E-state index contributed by atoms with van der Waals surface area (Å²) in [4.78, 5) is 37.7. The molecule has 276 valence electrons. The first-order valence-corrected chi connectivity index (χ1v) is 18.9. The van der Waals surface area contributed by atoms with Gasteiger partial charge in [0.25, 0.3) is 0 Å². The summed E-state index contributed by atoms with van der Waals surface area (Å²) in [5.41, 5.74) is 6.10. The molecule has 0 saturated carbocycles. The Morgan fingerprint density at radius 1 is 0.917 bits per heavy atom. The second-order valence-electron chi connectivity index (χ2n) is 12.5. The van der Waals surface area contributed by atoms with Gasteiger partial charge >= 0.3 is 11.9 Å². The summed E-state index contributed by atoms with van der Waals surface area (Å²) in [7, 11) is 0. The maximum Gasteiger partial charge on any atom is 0.306 e. The third-order valence-corrected chi connectivity index (χ3v) is 9.38. The van der Waals surface area contributed by atoms with E-state index in [1.807, 2.05) is 0 Å². The van der Waals surface area contributed by atoms with Crippen molar-refractivity contribution in [2.75, 3.05) is 30.0 Å². The van der Waals surface area contributed by atoms with Crippen molar-refractivity contribution in [2.45, 2.75) is 153 Å². The van der Waals surface area contributed by atoms with Crippen LogP contribution >= 0.6 is 11.8 Å². The number of nitrogens with one attached hydrogen (secondary N) is 1. The number of esters is 2. The Labute approximate surface area is 289 Å². The molecule has 2 rings (SSSR count). The number of aliphatic hydroxyl groups is 3. The molecule has 1 saturated heterocycles. The summed E-state index contributed by atoms with van der Waals surface area (Å²) in [6.45, 7) is 3.81. The standard InChI is InChI=1S/C33H59N5O9S/c1-3-5-7-9-11-13-15-17-28(40)45-21-24(46-29(41)18-16-14-12-10-8-6-4-2)22-48-23-25(34)32(44)35-27-19-38(37-36-27)33-31(43)30(42)26(20-39)47-33/h19,24-26,30-31,33,39,42-43H,3-18,20-23,34H2,1-2H3,(H,35,44)/t24-,25-,26?,30-,31+,33+/m1/s1. The van der Waals surface area contributed by atoms with E-state index < -0.39 is 49.2 Å². The molecule has 1 aliphatic heterocycles. The number of aromatic nitrogens is 3. The van der Waals surface area contributed by atoms with Crippen LogP contribution in [0.2, 0.25) is 0 Å². The molecular weight excluding hydrogens is 642 g/mol. The van der Waals surface area contributed by atoms with Crippen LogP contribution in [0.3, 0.4) is 0 Å². The van der Waals surface area contributed by atoms with Gasteiger partial charge in [0.2, 0.25) is 5.91 Å². The van der Waals surface area contributed by atoms with Crippen LogP contribution in [-0.4, -0.2) is 103 Å². The Morgan fingerprint density at radius 3 is 2.08 bits per heavy atom. The molecule has 1 aliphatic rings. The molecule has 0 bridgehead atoms. The Kier molecular flexibility index (Phi) is 21.6. The van der Waals surface area contributed by atoms with Crippen molar-refractivity contribution in [1.82, 2.24) is 15.0 Å². The number of nitrogens with zero attached hydrogens (tertiary/aromatic N) is 3. The quantitative estimate of drug-likeness (QED) is 0.0657. The SMILES string of the molecule is CCCCCCCCCC(=O)OC[C@H](CSC[C@@H](N)C(=O)Nc1cn([C@H]2OC(CO)[C@@H](O)[C@@H]2O)nn1)OC(=O)CCCCCCCCC. The van der Waals surface area contributed by atoms with Gasteiger partial charge in [0, 0.05) is 24.3 Å². The molecule has 0 aliphatic carbocycles. The van der Waals surface area contributed by atoms with Gasteiger partial charge in [-0.25, -0.2) is 4.68 Å². The zero-order chi connectivity index (χ0) is 35.1. The minimum atomic E-state index is -1.34. The lowest BCUT2D eigenvalue weighted by molar-refractivity contribution is -0.157. The third-order valence-electron chi connectivity index (χ3n) is 8.17. The number of aliphatic hydroxyl groups excluding tert-OH is 3. The minimum absolute atomic E-state index is 0.0585. The van der Waals surface area contributed by atoms with Crippen LogP contribution in [0.4, 0.5) is 5.82 Å². The van der Waals surface area contributed by atoms with E-state index in [1.54, 1.807) is 0 Å². The lowest BCUT2D eigenvalue weighted by atomic mass is 10.1. The van der Waals surface area contributed by atoms with E-state index in [0.717, 1.165) is 49.6 Å². The number of thioether (sulfide) groups is 1. The number of nitrogens with two attached hydrogens (primary N) is 1. The maximum atomic E-state index is 12.7. The third kappa shape index (κ3) is 16.4. The molecule has 0 radical (unpaired) electrons. The summed E-state index contributed by atoms with van der Waals surface area (Å²) in [6, 6.07) is -0.946. The smallest absolute Gasteiger partial charge is 0.306 e. The molecule has 15 heteroatoms. The van der Waals surface area contributed by atoms with E-state index in [2.05, 4.69) is 29.5 Å². The molecule has 0 aromatic carbocycles. The fourth-order valence-corrected chi connectivity index (χ4v) is 6.22. The topological polar surface area (TPSA) is 208 Å². The van der Waals surface area contributed by atoms with Crippen molar-refractivity contribution >= 4 is 35.4 Å². The average Bonchev–Trinajstić information content (AvgIpc) is 3.65. The number of unbranched alkanes of at least 4 members (excludes halogenated alkanes) is 12. The van der Waals surface area contributed by atoms with Crippen molar-refractivity contribution in [3.05, 3.63) is 6.20 Å². The molecular formula is C33H59N5O9S. The predicted molar refractivity (Wildman–Crippen MR) is 183 cm³/mol. The molecule has 1 aromatic rings. The van der Waals surface area contributed by atoms with Crippen LogP contribution < -0.4 is 11.1 Å². The molecule has 6 N–H and O–H groups in total. The summed E-state index contributed by atoms with van der Waals surface area (Å²) >= 11 is 1.30. The van der Waals surface area contributed by atoms with Gasteiger partial charge in [-0.1, -0.05) is 96.1 Å². The minimum Gasteiger partial charge on any atom is -0.462 e. The lowest BCUT2D eigenvalue weighted by Gasteiger charge is -2.19. The number of carbonyl (C=O) groups is 3. The zero-order valence-corrected chi connectivity index (χ0v) is 29.6. The van der Waals surface area contributed by atoms with E-state index in [9.17, 15) is 29.7 Å². The first-order valence-electron chi connectivity index (χ1n) is 17.7. The molecule has 1 fully saturated rings. The van der Waals surface area contributed by atoms with Crippen LogP contribution in [0.1, 0.15) is 123 Å². The predicted octanol–water partition coefficient (Wildman–Crippen LogP) is 3.63. The first kappa shape index (κ1) is 41.9. The molecule has 6 atom stereocenters. The normalized spacial score (nSPS) is 20.4. The summed E-state index contributed by atoms with van der Waals surface area (Å²) in [5.74, 6) is -0.658. The van der Waals surface area contributed by atoms with Crippen molar-refractivity contribution in [3.8, 4) is 0 Å². The fourth-order valence-electron chi connectivity index (χ4n) is 5.25. The molecule has 1 amide bonds. The molecule has 14 nitrogen and oxygen atoms in total. The Hall–Kier alpha value is -2.30. The highest BCUT2D eigenvalue weighted by atomic mass is 32.2. The van der Waals surface area contributed by atoms with Gasteiger partial charge in [-0.2, -0.15) is 11.8 Å². The number of rotatable bonds is 27. The van der Waals surface area contributed by atoms with Gasteiger partial charge in [0.05, 0.1) is 18.8 Å². The van der Waals surface area contributed by atoms with E-state index in [0.29, 0.717) is 12.8 Å². The summed E-state index contributed by atoms with van der Waals surface area (Å²) < 4.78 is 17.7. The van der Waals surface area contributed by atoms with Crippen LogP contribution in [0.5, 0.6) is 0 Å². The largest absolute Gasteiger partial charge is 0.462 e. The number of amides is 1. The van der Waals surface area contributed by atoms with Crippen molar-refractivity contribution < 1.29 is 43.9 Å². The van der Waals surface area contributed by atoms with Crippen LogP contribution in [0.25, 0.3) is 0 Å². The number of carbonyl (C=O) groups excluding carboxylic acids is 3. The second kappa shape index (κ2) is 24.8. The number of hydrogen-bond acceptors (Lipinski definition) is 13. The van der Waals surface area contributed by atoms with E-state index in [4.69, 9.17) is 19.9 Å². The van der Waals surface area contributed by atoms with Gasteiger partial charge in [-0.05, 0) is 12.8 Å². The second-order valence-corrected chi connectivity index (χ2v) is 13.6. The summed E-state index contributed by atoms with van der Waals surface area (Å²) in [5, 5.41) is 39.7. The Balaban J connectivity index is 1.80. The van der Waals surface area contributed by atoms with Gasteiger partial charge in [-0.3, -0.25) is 14.4 Å². The van der Waals surface area contributed by atoms with Crippen LogP contribution in [0, 0.1) is 0 Å². The van der Waals surface area contributed by atoms with Gasteiger partial charge in [-0.15, -0.1) is 5.10 Å². The highest BCUT2D eigenvalue weighted by Crippen LogP contribution is 2.29. The van der Waals surface area contributed by atoms with Crippen molar-refractivity contribution in [1.29, 1.82) is 0 Å². The van der Waals surface area contributed by atoms with Gasteiger partial charge in [0.15, 0.2) is 12.0 Å². The number of ether oxygens (including phenoxy) is 3. The average molecular weight is 702 g/mol. The van der Waals surface area contributed by atoms with Crippen LogP contribution in [-0.2, 0) is 28.6 Å². The lowest BCUT2D eigenvalue weighted by Crippen LogP contribution is -2.38. The van der Waals surface area contributed by atoms with Gasteiger partial charge < -0.3 is 40.6 Å². The van der Waals surface area contributed by atoms with E-state index in [1.165, 1.54) is 62.9 Å². The maximum absolute atomic E-state index is 12.7. The fraction of sp³-hybridized carbons (Fsp3) is 0.848. The number of anilines is 1. The van der Waals surface area contributed by atoms with Gasteiger partial charge in [0.1, 0.15) is 31.0 Å².